The molecule has 0 spiro atoms. The van der Waals surface area contributed by atoms with Crippen LogP contribution < -0.4 is 27.4 Å². The van der Waals surface area contributed by atoms with Crippen molar-refractivity contribution in [1.29, 1.82) is 0 Å². The third kappa shape index (κ3) is 5.90. The Bertz CT molecular complexity index is 1230. The van der Waals surface area contributed by atoms with E-state index in [1.54, 1.807) is 18.2 Å². The molecule has 7 N–H and O–H groups in total. The van der Waals surface area contributed by atoms with Crippen LogP contribution in [0.1, 0.15) is 52.0 Å². The number of rotatable bonds is 7. The number of amides is 2. The first-order valence-corrected chi connectivity index (χ1v) is 11.4. The van der Waals surface area contributed by atoms with Crippen LogP contribution in [0.15, 0.2) is 48.8 Å². The summed E-state index contributed by atoms with van der Waals surface area (Å²) < 4.78 is 14.7. The molecule has 3 aromatic rings. The minimum Gasteiger partial charge on any atom is -0.365 e. The topological polar surface area (TPSA) is 148 Å². The number of primary amides is 1. The maximum Gasteiger partial charge on any atom is 0.255 e. The minimum absolute atomic E-state index is 0.0170. The van der Waals surface area contributed by atoms with E-state index in [9.17, 15) is 14.0 Å². The standard InChI is InChI=1S/C25H28FN7O2/c1-14-6-8-15(9-7-14)25(35)31-17-10-16(12-29-13-17)30-23-18(22(28)34)11-19(26)24(33-23)32-21-5-3-2-4-20(21)27/h6-13,20-21H,2-5,27H2,1H3,(H2,28,34)(H,31,35)(H2,30,32,33). The lowest BCUT2D eigenvalue weighted by atomic mass is 9.91. The van der Waals surface area contributed by atoms with Crippen LogP contribution in [0, 0.1) is 12.7 Å². The van der Waals surface area contributed by atoms with Gasteiger partial charge < -0.3 is 27.4 Å². The number of carbonyl (C=O) groups excluding carboxylic acids is 2. The van der Waals surface area contributed by atoms with Crippen LogP contribution in [0.25, 0.3) is 0 Å². The Labute approximate surface area is 202 Å². The normalized spacial score (nSPS) is 17.5. The Balaban J connectivity index is 1.56. The molecular weight excluding hydrogens is 449 g/mol. The van der Waals surface area contributed by atoms with E-state index in [0.717, 1.165) is 37.3 Å². The van der Waals surface area contributed by atoms with Crippen LogP contribution in [0.3, 0.4) is 0 Å². The van der Waals surface area contributed by atoms with Crippen molar-refractivity contribution < 1.29 is 14.0 Å². The largest absolute Gasteiger partial charge is 0.365 e. The number of pyridine rings is 2. The summed E-state index contributed by atoms with van der Waals surface area (Å²) in [5.74, 6) is -1.78. The zero-order valence-electron chi connectivity index (χ0n) is 19.3. The number of nitrogens with zero attached hydrogens (tertiary/aromatic N) is 2. The summed E-state index contributed by atoms with van der Waals surface area (Å²) in [5, 5.41) is 8.82. The van der Waals surface area contributed by atoms with E-state index in [1.807, 2.05) is 19.1 Å². The molecule has 2 amide bonds. The van der Waals surface area contributed by atoms with Gasteiger partial charge in [-0.3, -0.25) is 14.6 Å². The number of nitrogens with one attached hydrogen (secondary N) is 3. The molecule has 1 aliphatic carbocycles. The molecule has 0 aliphatic heterocycles. The van der Waals surface area contributed by atoms with E-state index in [2.05, 4.69) is 25.9 Å². The number of benzene rings is 1. The van der Waals surface area contributed by atoms with E-state index in [1.165, 1.54) is 12.4 Å². The maximum absolute atomic E-state index is 14.7. The molecule has 10 heteroatoms. The minimum atomic E-state index is -0.836. The highest BCUT2D eigenvalue weighted by Crippen LogP contribution is 2.27. The van der Waals surface area contributed by atoms with Crippen molar-refractivity contribution in [3.63, 3.8) is 0 Å². The highest BCUT2D eigenvalue weighted by Gasteiger charge is 2.24. The highest BCUT2D eigenvalue weighted by molar-refractivity contribution is 6.04. The Morgan fingerprint density at radius 2 is 1.74 bits per heavy atom. The van der Waals surface area contributed by atoms with Crippen molar-refractivity contribution >= 4 is 34.8 Å². The smallest absolute Gasteiger partial charge is 0.255 e. The van der Waals surface area contributed by atoms with Crippen molar-refractivity contribution in [1.82, 2.24) is 9.97 Å². The molecule has 182 valence electrons. The van der Waals surface area contributed by atoms with Crippen LogP contribution in [0.5, 0.6) is 0 Å². The number of anilines is 4. The molecule has 35 heavy (non-hydrogen) atoms. The van der Waals surface area contributed by atoms with Gasteiger partial charge in [-0.15, -0.1) is 0 Å². The molecular formula is C25H28FN7O2. The quantitative estimate of drug-likeness (QED) is 0.348. The van der Waals surface area contributed by atoms with Gasteiger partial charge in [-0.2, -0.15) is 0 Å². The van der Waals surface area contributed by atoms with Crippen LogP contribution in [0.4, 0.5) is 27.4 Å². The zero-order chi connectivity index (χ0) is 24.9. The van der Waals surface area contributed by atoms with Crippen LogP contribution in [0.2, 0.25) is 0 Å². The monoisotopic (exact) mass is 477 g/mol. The summed E-state index contributed by atoms with van der Waals surface area (Å²) in [6.45, 7) is 1.94. The maximum atomic E-state index is 14.7. The van der Waals surface area contributed by atoms with Gasteiger partial charge in [0.25, 0.3) is 11.8 Å². The molecule has 0 saturated heterocycles. The predicted molar refractivity (Wildman–Crippen MR) is 133 cm³/mol. The van der Waals surface area contributed by atoms with Crippen molar-refractivity contribution in [3.05, 3.63) is 71.3 Å². The number of halogens is 1. The summed E-state index contributed by atoms with van der Waals surface area (Å²) in [5.41, 5.74) is 13.9. The molecule has 1 aromatic carbocycles. The van der Waals surface area contributed by atoms with Gasteiger partial charge in [-0.05, 0) is 44.0 Å². The summed E-state index contributed by atoms with van der Waals surface area (Å²) in [7, 11) is 0. The van der Waals surface area contributed by atoms with Crippen molar-refractivity contribution in [3.8, 4) is 0 Å². The predicted octanol–water partition coefficient (Wildman–Crippen LogP) is 3.70. The van der Waals surface area contributed by atoms with Gasteiger partial charge in [0.15, 0.2) is 11.6 Å². The van der Waals surface area contributed by atoms with E-state index >= 15 is 0 Å². The summed E-state index contributed by atoms with van der Waals surface area (Å²) in [6.07, 6.45) is 6.64. The second kappa shape index (κ2) is 10.5. The fourth-order valence-corrected chi connectivity index (χ4v) is 4.01. The fraction of sp³-hybridized carbons (Fsp3) is 0.280. The van der Waals surface area contributed by atoms with Crippen LogP contribution in [-0.4, -0.2) is 33.9 Å². The highest BCUT2D eigenvalue weighted by atomic mass is 19.1. The van der Waals surface area contributed by atoms with E-state index < -0.39 is 11.7 Å². The Hall–Kier alpha value is -4.05. The molecule has 1 fully saturated rings. The molecule has 2 unspecified atom stereocenters. The van der Waals surface area contributed by atoms with E-state index in [-0.39, 0.29) is 35.2 Å². The molecule has 4 rings (SSSR count). The van der Waals surface area contributed by atoms with Gasteiger partial charge in [0.1, 0.15) is 5.82 Å². The van der Waals surface area contributed by atoms with Gasteiger partial charge in [0.2, 0.25) is 0 Å². The average Bonchev–Trinajstić information content (AvgIpc) is 2.83. The van der Waals surface area contributed by atoms with Gasteiger partial charge >= 0.3 is 0 Å². The molecule has 1 saturated carbocycles. The molecule has 2 atom stereocenters. The lowest BCUT2D eigenvalue weighted by molar-refractivity contribution is 0.0997. The first-order valence-electron chi connectivity index (χ1n) is 11.4. The molecule has 0 bridgehead atoms. The fourth-order valence-electron chi connectivity index (χ4n) is 4.01. The second-order valence-corrected chi connectivity index (χ2v) is 8.69. The van der Waals surface area contributed by atoms with Crippen molar-refractivity contribution in [2.24, 2.45) is 11.5 Å². The summed E-state index contributed by atoms with van der Waals surface area (Å²) in [4.78, 5) is 32.9. The van der Waals surface area contributed by atoms with Gasteiger partial charge in [0.05, 0.1) is 29.3 Å². The van der Waals surface area contributed by atoms with Crippen LogP contribution in [-0.2, 0) is 0 Å². The van der Waals surface area contributed by atoms with Crippen LogP contribution >= 0.6 is 0 Å². The number of hydrogen-bond donors (Lipinski definition) is 5. The third-order valence-corrected chi connectivity index (χ3v) is 5.96. The molecule has 1 aliphatic rings. The molecule has 2 heterocycles. The number of hydrogen-bond acceptors (Lipinski definition) is 7. The van der Waals surface area contributed by atoms with Crippen molar-refractivity contribution in [2.45, 2.75) is 44.7 Å². The second-order valence-electron chi connectivity index (χ2n) is 8.69. The first-order chi connectivity index (χ1) is 16.8. The average molecular weight is 478 g/mol. The zero-order valence-corrected chi connectivity index (χ0v) is 19.3. The number of carbonyl (C=O) groups is 2. The molecule has 2 aromatic heterocycles. The lowest BCUT2D eigenvalue weighted by Gasteiger charge is -2.30. The summed E-state index contributed by atoms with van der Waals surface area (Å²) >= 11 is 0. The Kier molecular flexibility index (Phi) is 7.21. The lowest BCUT2D eigenvalue weighted by Crippen LogP contribution is -2.43. The van der Waals surface area contributed by atoms with Gasteiger partial charge in [-0.1, -0.05) is 30.5 Å². The van der Waals surface area contributed by atoms with Crippen molar-refractivity contribution in [2.75, 3.05) is 16.0 Å². The van der Waals surface area contributed by atoms with E-state index in [4.69, 9.17) is 11.5 Å². The SMILES string of the molecule is Cc1ccc(C(=O)Nc2cncc(Nc3nc(NC4CCCCC4N)c(F)cc3C(N)=O)c2)cc1. The van der Waals surface area contributed by atoms with E-state index in [0.29, 0.717) is 16.9 Å². The Morgan fingerprint density at radius 1 is 1.03 bits per heavy atom. The number of aryl methyl sites for hydroxylation is 1. The van der Waals surface area contributed by atoms with Gasteiger partial charge in [-0.25, -0.2) is 9.37 Å². The summed E-state index contributed by atoms with van der Waals surface area (Å²) in [6, 6.07) is 9.59. The first kappa shape index (κ1) is 24.1. The third-order valence-electron chi connectivity index (χ3n) is 5.96. The molecule has 9 nitrogen and oxygen atoms in total. The number of aromatic nitrogens is 2. The van der Waals surface area contributed by atoms with Gasteiger partial charge in [0, 0.05) is 17.6 Å². The number of nitrogens with two attached hydrogens (primary N) is 2. The molecule has 0 radical (unpaired) electrons. The Morgan fingerprint density at radius 3 is 2.46 bits per heavy atom.